The number of imidazole rings is 1. The monoisotopic (exact) mass is 567 g/mol. The Labute approximate surface area is 214 Å². The van der Waals surface area contributed by atoms with Crippen molar-refractivity contribution < 1.29 is 23.9 Å². The first kappa shape index (κ1) is 25.4. The number of benzene rings is 2. The number of likely N-dealkylation sites (tertiary alicyclic amines) is 1. The Morgan fingerprint density at radius 3 is 2.74 bits per heavy atom. The number of aromatic nitrogens is 2. The molecule has 2 amide bonds. The Morgan fingerprint density at radius 2 is 2.03 bits per heavy atom. The molecule has 2 heterocycles. The predicted molar refractivity (Wildman–Crippen MR) is 133 cm³/mol. The highest BCUT2D eigenvalue weighted by Gasteiger charge is 2.24. The van der Waals surface area contributed by atoms with Crippen molar-refractivity contribution in [3.8, 4) is 0 Å². The molecule has 12 heteroatoms. The number of amides is 2. The van der Waals surface area contributed by atoms with E-state index in [4.69, 9.17) is 21.5 Å². The fourth-order valence-corrected chi connectivity index (χ4v) is 4.64. The SMILES string of the molecule is O=C(NOCCO)c1cc2c(ncn2CCC(=O)N2CCCC2)c(F)c1Nc1ccc(Br)cc1Cl. The van der Waals surface area contributed by atoms with Crippen LogP contribution in [0.1, 0.15) is 29.6 Å². The summed E-state index contributed by atoms with van der Waals surface area (Å²) in [6.07, 6.45) is 3.69. The lowest BCUT2D eigenvalue weighted by molar-refractivity contribution is -0.130. The largest absolute Gasteiger partial charge is 0.394 e. The smallest absolute Gasteiger partial charge is 0.277 e. The molecule has 0 aliphatic carbocycles. The number of nitrogens with zero attached hydrogens (tertiary/aromatic N) is 3. The molecule has 3 N–H and O–H groups in total. The van der Waals surface area contributed by atoms with Crippen LogP contribution < -0.4 is 10.8 Å². The summed E-state index contributed by atoms with van der Waals surface area (Å²) in [5.41, 5.74) is 2.80. The Morgan fingerprint density at radius 1 is 1.26 bits per heavy atom. The molecule has 1 saturated heterocycles. The van der Waals surface area contributed by atoms with Gasteiger partial charge in [-0.25, -0.2) is 14.9 Å². The van der Waals surface area contributed by atoms with E-state index in [-0.39, 0.29) is 42.3 Å². The second-order valence-electron chi connectivity index (χ2n) is 8.01. The molecule has 0 radical (unpaired) electrons. The minimum Gasteiger partial charge on any atom is -0.394 e. The van der Waals surface area contributed by atoms with E-state index in [1.165, 1.54) is 12.4 Å². The molecule has 0 saturated carbocycles. The van der Waals surface area contributed by atoms with Crippen LogP contribution in [0.25, 0.3) is 11.0 Å². The second kappa shape index (κ2) is 11.3. The Kier molecular flexibility index (Phi) is 8.22. The van der Waals surface area contributed by atoms with Gasteiger partial charge in [-0.3, -0.25) is 14.4 Å². The minimum atomic E-state index is -0.751. The number of carbonyl (C=O) groups is 2. The normalized spacial score (nSPS) is 13.4. The lowest BCUT2D eigenvalue weighted by Gasteiger charge is -2.16. The number of rotatable bonds is 9. The maximum atomic E-state index is 15.7. The van der Waals surface area contributed by atoms with Crippen LogP contribution >= 0.6 is 27.5 Å². The molecule has 0 unspecified atom stereocenters. The van der Waals surface area contributed by atoms with Gasteiger partial charge in [0, 0.05) is 30.5 Å². The van der Waals surface area contributed by atoms with E-state index in [1.807, 2.05) is 4.90 Å². The summed E-state index contributed by atoms with van der Waals surface area (Å²) in [5, 5.41) is 12.1. The van der Waals surface area contributed by atoms with Crippen LogP contribution in [0.15, 0.2) is 35.1 Å². The molecule has 2 aromatic carbocycles. The first-order chi connectivity index (χ1) is 16.9. The van der Waals surface area contributed by atoms with E-state index in [2.05, 4.69) is 31.7 Å². The lowest BCUT2D eigenvalue weighted by atomic mass is 10.1. The van der Waals surface area contributed by atoms with Gasteiger partial charge in [0.2, 0.25) is 5.91 Å². The van der Waals surface area contributed by atoms with Crippen molar-refractivity contribution in [2.45, 2.75) is 25.8 Å². The highest BCUT2D eigenvalue weighted by molar-refractivity contribution is 9.10. The molecule has 4 rings (SSSR count). The topological polar surface area (TPSA) is 109 Å². The quantitative estimate of drug-likeness (QED) is 0.266. The fraction of sp³-hybridized carbons (Fsp3) is 0.348. The summed E-state index contributed by atoms with van der Waals surface area (Å²) in [6, 6.07) is 6.48. The van der Waals surface area contributed by atoms with Crippen LogP contribution in [0.4, 0.5) is 15.8 Å². The summed E-state index contributed by atoms with van der Waals surface area (Å²) in [5.74, 6) is -1.45. The molecular formula is C23H24BrClFN5O4. The van der Waals surface area contributed by atoms with Gasteiger partial charge in [-0.05, 0) is 37.1 Å². The molecule has 0 atom stereocenters. The minimum absolute atomic E-state index is 0.0309. The maximum Gasteiger partial charge on any atom is 0.277 e. The third kappa shape index (κ3) is 5.75. The van der Waals surface area contributed by atoms with E-state index < -0.39 is 11.7 Å². The molecule has 1 aliphatic heterocycles. The molecule has 1 aliphatic rings. The van der Waals surface area contributed by atoms with Crippen molar-refractivity contribution in [3.63, 3.8) is 0 Å². The number of hydroxylamine groups is 1. The van der Waals surface area contributed by atoms with Crippen LogP contribution in [0.3, 0.4) is 0 Å². The molecule has 1 fully saturated rings. The molecule has 1 aromatic heterocycles. The van der Waals surface area contributed by atoms with Crippen LogP contribution in [0, 0.1) is 5.82 Å². The van der Waals surface area contributed by atoms with E-state index >= 15 is 4.39 Å². The van der Waals surface area contributed by atoms with Crippen molar-refractivity contribution in [1.82, 2.24) is 19.9 Å². The van der Waals surface area contributed by atoms with E-state index in [9.17, 15) is 9.59 Å². The third-order valence-electron chi connectivity index (χ3n) is 5.68. The lowest BCUT2D eigenvalue weighted by Crippen LogP contribution is -2.28. The standard InChI is InChI=1S/C23H24BrClFN5O4/c24-14-3-4-17(16(25)11-14)28-21-15(23(34)29-35-10-9-32)12-18-22(20(21)26)27-13-31(18)8-5-19(33)30-6-1-2-7-30/h3-4,11-13,28,32H,1-2,5-10H2,(H,29,34). The van der Waals surface area contributed by atoms with Crippen molar-refractivity contribution in [2.75, 3.05) is 31.6 Å². The summed E-state index contributed by atoms with van der Waals surface area (Å²) < 4.78 is 18.1. The van der Waals surface area contributed by atoms with Gasteiger partial charge in [-0.15, -0.1) is 0 Å². The molecule has 3 aromatic rings. The number of halogens is 3. The number of hydrogen-bond acceptors (Lipinski definition) is 6. The number of carbonyl (C=O) groups excluding carboxylic acids is 2. The van der Waals surface area contributed by atoms with Crippen molar-refractivity contribution in [3.05, 3.63) is 51.5 Å². The number of fused-ring (bicyclic) bond motifs is 1. The number of hydrogen-bond donors (Lipinski definition) is 3. The van der Waals surface area contributed by atoms with Gasteiger partial charge >= 0.3 is 0 Å². The molecule has 35 heavy (non-hydrogen) atoms. The van der Waals surface area contributed by atoms with Gasteiger partial charge < -0.3 is 19.9 Å². The zero-order chi connectivity index (χ0) is 24.9. The summed E-state index contributed by atoms with van der Waals surface area (Å²) >= 11 is 9.61. The summed E-state index contributed by atoms with van der Waals surface area (Å²) in [7, 11) is 0. The van der Waals surface area contributed by atoms with Gasteiger partial charge in [-0.2, -0.15) is 0 Å². The maximum absolute atomic E-state index is 15.7. The number of aliphatic hydroxyl groups excluding tert-OH is 1. The highest BCUT2D eigenvalue weighted by atomic mass is 79.9. The average molecular weight is 569 g/mol. The van der Waals surface area contributed by atoms with E-state index in [0.717, 1.165) is 30.4 Å². The second-order valence-corrected chi connectivity index (χ2v) is 9.33. The zero-order valence-corrected chi connectivity index (χ0v) is 21.0. The molecule has 0 bridgehead atoms. The molecule has 9 nitrogen and oxygen atoms in total. The summed E-state index contributed by atoms with van der Waals surface area (Å²) in [4.78, 5) is 36.3. The van der Waals surface area contributed by atoms with E-state index in [1.54, 1.807) is 22.8 Å². The predicted octanol–water partition coefficient (Wildman–Crippen LogP) is 4.00. The van der Waals surface area contributed by atoms with Gasteiger partial charge in [0.25, 0.3) is 5.91 Å². The van der Waals surface area contributed by atoms with Crippen LogP contribution in [-0.2, 0) is 16.2 Å². The third-order valence-corrected chi connectivity index (χ3v) is 6.48. The Balaban J connectivity index is 1.68. The number of aliphatic hydroxyl groups is 1. The van der Waals surface area contributed by atoms with Crippen molar-refractivity contribution in [2.24, 2.45) is 0 Å². The van der Waals surface area contributed by atoms with Gasteiger partial charge in [0.15, 0.2) is 5.82 Å². The fourth-order valence-electron chi connectivity index (χ4n) is 3.92. The molecule has 186 valence electrons. The molecular weight excluding hydrogens is 545 g/mol. The Hall–Kier alpha value is -2.73. The highest BCUT2D eigenvalue weighted by Crippen LogP contribution is 2.34. The molecule has 0 spiro atoms. The number of aryl methyl sites for hydroxylation is 1. The van der Waals surface area contributed by atoms with Crippen LogP contribution in [0.2, 0.25) is 5.02 Å². The number of nitrogens with one attached hydrogen (secondary N) is 2. The first-order valence-corrected chi connectivity index (χ1v) is 12.3. The van der Waals surface area contributed by atoms with E-state index in [0.29, 0.717) is 22.8 Å². The summed E-state index contributed by atoms with van der Waals surface area (Å²) in [6.45, 7) is 1.37. The average Bonchev–Trinajstić information content (AvgIpc) is 3.51. The van der Waals surface area contributed by atoms with Gasteiger partial charge in [-0.1, -0.05) is 27.5 Å². The van der Waals surface area contributed by atoms with Crippen LogP contribution in [0.5, 0.6) is 0 Å². The zero-order valence-electron chi connectivity index (χ0n) is 18.7. The van der Waals surface area contributed by atoms with Gasteiger partial charge in [0.1, 0.15) is 5.52 Å². The van der Waals surface area contributed by atoms with Gasteiger partial charge in [0.05, 0.1) is 47.0 Å². The first-order valence-electron chi connectivity index (χ1n) is 11.1. The number of anilines is 2. The van der Waals surface area contributed by atoms with Crippen molar-refractivity contribution >= 4 is 61.8 Å². The Bertz CT molecular complexity index is 1250. The van der Waals surface area contributed by atoms with Crippen LogP contribution in [-0.4, -0.2) is 57.7 Å². The van der Waals surface area contributed by atoms with Crippen molar-refractivity contribution in [1.29, 1.82) is 0 Å².